The Bertz CT molecular complexity index is 926. The summed E-state index contributed by atoms with van der Waals surface area (Å²) in [6.07, 6.45) is 0.220. The minimum atomic E-state index is -0.109. The molecule has 0 bridgehead atoms. The number of amides is 1. The van der Waals surface area contributed by atoms with Crippen molar-refractivity contribution in [2.45, 2.75) is 6.42 Å². The molecule has 132 valence electrons. The maximum absolute atomic E-state index is 12.4. The lowest BCUT2D eigenvalue weighted by Gasteiger charge is -2.14. The Balaban J connectivity index is 1.78. The van der Waals surface area contributed by atoms with Crippen molar-refractivity contribution in [1.29, 1.82) is 0 Å². The number of rotatable bonds is 5. The third-order valence-corrected chi connectivity index (χ3v) is 4.82. The van der Waals surface area contributed by atoms with Gasteiger partial charge in [0, 0.05) is 15.8 Å². The van der Waals surface area contributed by atoms with Gasteiger partial charge in [-0.1, -0.05) is 69.5 Å². The lowest BCUT2D eigenvalue weighted by atomic mass is 10.1. The predicted molar refractivity (Wildman–Crippen MR) is 113 cm³/mol. The summed E-state index contributed by atoms with van der Waals surface area (Å²) in [5, 5.41) is 7.17. The number of hydrogen-bond donors (Lipinski definition) is 2. The molecule has 0 unspecified atom stereocenters. The van der Waals surface area contributed by atoms with Gasteiger partial charge in [-0.05, 0) is 42.0 Å². The molecule has 0 saturated heterocycles. The van der Waals surface area contributed by atoms with E-state index >= 15 is 0 Å². The van der Waals surface area contributed by atoms with E-state index in [-0.39, 0.29) is 12.3 Å². The molecule has 0 aliphatic carbocycles. The third-order valence-electron chi connectivity index (χ3n) is 3.70. The molecule has 0 fully saturated rings. The topological polar surface area (TPSA) is 41.1 Å². The second-order valence-corrected chi connectivity index (χ2v) is 7.34. The van der Waals surface area contributed by atoms with Crippen molar-refractivity contribution in [3.63, 3.8) is 0 Å². The third kappa shape index (κ3) is 4.79. The van der Waals surface area contributed by atoms with Crippen LogP contribution in [0.5, 0.6) is 0 Å². The predicted octanol–water partition coefficient (Wildman–Crippen LogP) is 6.68. The second kappa shape index (κ2) is 8.58. The van der Waals surface area contributed by atoms with Crippen molar-refractivity contribution in [3.05, 3.63) is 86.8 Å². The van der Waals surface area contributed by atoms with E-state index in [4.69, 9.17) is 23.2 Å². The minimum Gasteiger partial charge on any atom is -0.353 e. The van der Waals surface area contributed by atoms with Crippen LogP contribution in [0, 0.1) is 0 Å². The van der Waals surface area contributed by atoms with Crippen LogP contribution in [0.25, 0.3) is 0 Å². The van der Waals surface area contributed by atoms with Crippen molar-refractivity contribution in [1.82, 2.24) is 0 Å². The highest BCUT2D eigenvalue weighted by molar-refractivity contribution is 9.10. The molecule has 26 heavy (non-hydrogen) atoms. The lowest BCUT2D eigenvalue weighted by molar-refractivity contribution is -0.115. The number of halogens is 3. The quantitative estimate of drug-likeness (QED) is 0.456. The van der Waals surface area contributed by atoms with Crippen LogP contribution in [0.15, 0.2) is 71.2 Å². The minimum absolute atomic E-state index is 0.109. The molecule has 0 spiro atoms. The Kier molecular flexibility index (Phi) is 6.20. The number of para-hydroxylation sites is 2. The summed E-state index contributed by atoms with van der Waals surface area (Å²) in [5.41, 5.74) is 2.99. The number of benzene rings is 3. The average molecular weight is 450 g/mol. The molecular formula is C20H15BrCl2N2O. The Hall–Kier alpha value is -2.01. The number of anilines is 3. The van der Waals surface area contributed by atoms with Gasteiger partial charge >= 0.3 is 0 Å². The molecule has 0 radical (unpaired) electrons. The molecule has 6 heteroatoms. The van der Waals surface area contributed by atoms with E-state index in [1.165, 1.54) is 0 Å². The van der Waals surface area contributed by atoms with Crippen LogP contribution in [0.4, 0.5) is 17.1 Å². The highest BCUT2D eigenvalue weighted by atomic mass is 79.9. The number of nitrogens with one attached hydrogen (secondary N) is 2. The van der Waals surface area contributed by atoms with Crippen LogP contribution in [0.3, 0.4) is 0 Å². The van der Waals surface area contributed by atoms with Crippen molar-refractivity contribution < 1.29 is 4.79 Å². The van der Waals surface area contributed by atoms with Crippen molar-refractivity contribution in [3.8, 4) is 0 Å². The van der Waals surface area contributed by atoms with Gasteiger partial charge in [-0.3, -0.25) is 4.79 Å². The molecule has 3 nitrogen and oxygen atoms in total. The fraction of sp³-hybridized carbons (Fsp3) is 0.0500. The molecule has 0 atom stereocenters. The van der Waals surface area contributed by atoms with Gasteiger partial charge in [-0.25, -0.2) is 0 Å². The Labute approximate surface area is 170 Å². The molecule has 3 rings (SSSR count). The summed E-state index contributed by atoms with van der Waals surface area (Å²) in [6.45, 7) is 0. The van der Waals surface area contributed by atoms with Crippen LogP contribution >= 0.6 is 39.1 Å². The normalized spacial score (nSPS) is 10.4. The van der Waals surface area contributed by atoms with E-state index in [1.54, 1.807) is 18.2 Å². The average Bonchev–Trinajstić information content (AvgIpc) is 2.59. The highest BCUT2D eigenvalue weighted by Gasteiger charge is 2.11. The van der Waals surface area contributed by atoms with Crippen LogP contribution in [0.1, 0.15) is 5.56 Å². The standard InChI is InChI=1S/C20H15BrCl2N2O/c21-14-6-3-7-15(12-14)24-19(26)11-13-5-1-2-10-18(13)25-20-16(22)8-4-9-17(20)23/h1-10,12,25H,11H2,(H,24,26). The van der Waals surface area contributed by atoms with Crippen LogP contribution in [-0.4, -0.2) is 5.91 Å². The summed E-state index contributed by atoms with van der Waals surface area (Å²) in [7, 11) is 0. The van der Waals surface area contributed by atoms with Crippen molar-refractivity contribution in [2.24, 2.45) is 0 Å². The summed E-state index contributed by atoms with van der Waals surface area (Å²) < 4.78 is 0.908. The van der Waals surface area contributed by atoms with Crippen molar-refractivity contribution >= 4 is 62.1 Å². The SMILES string of the molecule is O=C(Cc1ccccc1Nc1c(Cl)cccc1Cl)Nc1cccc(Br)c1. The summed E-state index contributed by atoms with van der Waals surface area (Å²) in [4.78, 5) is 12.4. The van der Waals surface area contributed by atoms with Gasteiger partial charge in [0.15, 0.2) is 0 Å². The molecule has 0 heterocycles. The molecule has 3 aromatic rings. The van der Waals surface area contributed by atoms with Crippen LogP contribution in [0.2, 0.25) is 10.0 Å². The molecular weight excluding hydrogens is 435 g/mol. The zero-order valence-corrected chi connectivity index (χ0v) is 16.7. The fourth-order valence-electron chi connectivity index (χ4n) is 2.49. The second-order valence-electron chi connectivity index (χ2n) is 5.61. The monoisotopic (exact) mass is 448 g/mol. The maximum Gasteiger partial charge on any atom is 0.228 e. The van der Waals surface area contributed by atoms with Gasteiger partial charge in [-0.2, -0.15) is 0 Å². The summed E-state index contributed by atoms with van der Waals surface area (Å²) in [6, 6.07) is 20.3. The van der Waals surface area contributed by atoms with E-state index < -0.39 is 0 Å². The molecule has 0 aliphatic rings. The van der Waals surface area contributed by atoms with Gasteiger partial charge in [0.05, 0.1) is 22.2 Å². The number of hydrogen-bond acceptors (Lipinski definition) is 2. The molecule has 0 aliphatic heterocycles. The molecule has 0 aromatic heterocycles. The van der Waals surface area contributed by atoms with Crippen LogP contribution < -0.4 is 10.6 Å². The summed E-state index contributed by atoms with van der Waals surface area (Å²) in [5.74, 6) is -0.109. The van der Waals surface area contributed by atoms with E-state index in [0.717, 1.165) is 21.4 Å². The van der Waals surface area contributed by atoms with Crippen LogP contribution in [-0.2, 0) is 11.2 Å². The molecule has 2 N–H and O–H groups in total. The number of carbonyl (C=O) groups excluding carboxylic acids is 1. The molecule has 1 amide bonds. The smallest absolute Gasteiger partial charge is 0.228 e. The van der Waals surface area contributed by atoms with Gasteiger partial charge in [0.2, 0.25) is 5.91 Å². The van der Waals surface area contributed by atoms with E-state index in [2.05, 4.69) is 26.6 Å². The first-order valence-electron chi connectivity index (χ1n) is 7.87. The fourth-order valence-corrected chi connectivity index (χ4v) is 3.38. The van der Waals surface area contributed by atoms with Gasteiger partial charge in [0.25, 0.3) is 0 Å². The van der Waals surface area contributed by atoms with Gasteiger partial charge in [-0.15, -0.1) is 0 Å². The first-order chi connectivity index (χ1) is 12.5. The highest BCUT2D eigenvalue weighted by Crippen LogP contribution is 2.33. The molecule has 0 saturated carbocycles. The first-order valence-corrected chi connectivity index (χ1v) is 9.42. The Morgan fingerprint density at radius 1 is 0.923 bits per heavy atom. The largest absolute Gasteiger partial charge is 0.353 e. The lowest BCUT2D eigenvalue weighted by Crippen LogP contribution is -2.15. The Morgan fingerprint density at radius 3 is 2.35 bits per heavy atom. The first kappa shape index (κ1) is 18.8. The zero-order chi connectivity index (χ0) is 18.5. The summed E-state index contributed by atoms with van der Waals surface area (Å²) >= 11 is 15.9. The van der Waals surface area contributed by atoms with E-state index in [1.807, 2.05) is 48.5 Å². The van der Waals surface area contributed by atoms with E-state index in [0.29, 0.717) is 15.7 Å². The van der Waals surface area contributed by atoms with Crippen molar-refractivity contribution in [2.75, 3.05) is 10.6 Å². The van der Waals surface area contributed by atoms with E-state index in [9.17, 15) is 4.79 Å². The van der Waals surface area contributed by atoms with Gasteiger partial charge in [0.1, 0.15) is 0 Å². The zero-order valence-electron chi connectivity index (χ0n) is 13.6. The molecule has 3 aromatic carbocycles. The maximum atomic E-state index is 12.4. The number of carbonyl (C=O) groups is 1. The van der Waals surface area contributed by atoms with Gasteiger partial charge < -0.3 is 10.6 Å². The Morgan fingerprint density at radius 2 is 1.62 bits per heavy atom.